The normalized spacial score (nSPS) is 16.7. The summed E-state index contributed by atoms with van der Waals surface area (Å²) in [4.78, 5) is 2.55. The van der Waals surface area contributed by atoms with Crippen LogP contribution in [0.3, 0.4) is 0 Å². The maximum Gasteiger partial charge on any atom is 0.123 e. The molecule has 1 aliphatic heterocycles. The van der Waals surface area contributed by atoms with Crippen molar-refractivity contribution < 1.29 is 4.39 Å². The van der Waals surface area contributed by atoms with E-state index >= 15 is 0 Å². The minimum absolute atomic E-state index is 0.134. The Morgan fingerprint density at radius 3 is 2.68 bits per heavy atom. The average Bonchev–Trinajstić information content (AvgIpc) is 2.38. The monoisotopic (exact) mass is 264 g/mol. The van der Waals surface area contributed by atoms with Crippen LogP contribution in [0.15, 0.2) is 18.2 Å². The van der Waals surface area contributed by atoms with Gasteiger partial charge >= 0.3 is 0 Å². The van der Waals surface area contributed by atoms with Gasteiger partial charge in [0, 0.05) is 6.54 Å². The number of hydrogen-bond donors (Lipinski definition) is 1. The zero-order chi connectivity index (χ0) is 13.5. The number of benzene rings is 1. The lowest BCUT2D eigenvalue weighted by molar-refractivity contribution is 0.225. The summed E-state index contributed by atoms with van der Waals surface area (Å²) in [6.07, 6.45) is 5.29. The summed E-state index contributed by atoms with van der Waals surface area (Å²) in [5.41, 5.74) is 2.03. The molecular formula is C16H25FN2. The van der Waals surface area contributed by atoms with Gasteiger partial charge in [-0.15, -0.1) is 0 Å². The molecule has 19 heavy (non-hydrogen) atoms. The van der Waals surface area contributed by atoms with Crippen molar-refractivity contribution in [2.45, 2.75) is 39.2 Å². The Morgan fingerprint density at radius 1 is 1.16 bits per heavy atom. The number of nitrogens with zero attached hydrogens (tertiary/aromatic N) is 1. The van der Waals surface area contributed by atoms with Crippen LogP contribution in [0.4, 0.5) is 4.39 Å². The summed E-state index contributed by atoms with van der Waals surface area (Å²) in [7, 11) is 0. The summed E-state index contributed by atoms with van der Waals surface area (Å²) >= 11 is 0. The average molecular weight is 264 g/mol. The molecule has 1 N–H and O–H groups in total. The highest BCUT2D eigenvalue weighted by atomic mass is 19.1. The quantitative estimate of drug-likeness (QED) is 0.794. The largest absolute Gasteiger partial charge is 0.313 e. The van der Waals surface area contributed by atoms with Crippen LogP contribution in [0.5, 0.6) is 0 Å². The maximum atomic E-state index is 13.2. The van der Waals surface area contributed by atoms with E-state index in [1.807, 2.05) is 13.0 Å². The lowest BCUT2D eigenvalue weighted by atomic mass is 10.1. The Kier molecular flexibility index (Phi) is 5.80. The number of rotatable bonds is 6. The summed E-state index contributed by atoms with van der Waals surface area (Å²) in [6, 6.07) is 5.23. The Balaban J connectivity index is 1.60. The third-order valence-corrected chi connectivity index (χ3v) is 3.71. The van der Waals surface area contributed by atoms with Crippen molar-refractivity contribution in [3.05, 3.63) is 35.1 Å². The predicted octanol–water partition coefficient (Wildman–Crippen LogP) is 3.10. The first-order chi connectivity index (χ1) is 9.24. The van der Waals surface area contributed by atoms with Gasteiger partial charge in [0.05, 0.1) is 0 Å². The van der Waals surface area contributed by atoms with Crippen LogP contribution >= 0.6 is 0 Å². The molecule has 0 aliphatic carbocycles. The Hall–Kier alpha value is -0.930. The van der Waals surface area contributed by atoms with Crippen LogP contribution < -0.4 is 5.32 Å². The van der Waals surface area contributed by atoms with Gasteiger partial charge in [0.25, 0.3) is 0 Å². The van der Waals surface area contributed by atoms with Crippen molar-refractivity contribution in [2.24, 2.45) is 0 Å². The number of likely N-dealkylation sites (tertiary alicyclic amines) is 1. The minimum Gasteiger partial charge on any atom is -0.313 e. The summed E-state index contributed by atoms with van der Waals surface area (Å²) < 4.78 is 13.2. The van der Waals surface area contributed by atoms with Gasteiger partial charge in [-0.05, 0) is 75.6 Å². The molecule has 0 spiro atoms. The van der Waals surface area contributed by atoms with Gasteiger partial charge in [-0.25, -0.2) is 4.39 Å². The van der Waals surface area contributed by atoms with Gasteiger partial charge in [-0.3, -0.25) is 0 Å². The first-order valence-corrected chi connectivity index (χ1v) is 7.43. The predicted molar refractivity (Wildman–Crippen MR) is 77.8 cm³/mol. The molecule has 2 rings (SSSR count). The van der Waals surface area contributed by atoms with Gasteiger partial charge in [0.15, 0.2) is 0 Å². The number of halogens is 1. The van der Waals surface area contributed by atoms with Crippen molar-refractivity contribution >= 4 is 0 Å². The van der Waals surface area contributed by atoms with E-state index in [-0.39, 0.29) is 5.82 Å². The van der Waals surface area contributed by atoms with Gasteiger partial charge in [-0.2, -0.15) is 0 Å². The molecule has 0 bridgehead atoms. The number of hydrogen-bond acceptors (Lipinski definition) is 2. The third-order valence-electron chi connectivity index (χ3n) is 3.71. The molecule has 106 valence electrons. The second-order valence-corrected chi connectivity index (χ2v) is 5.57. The zero-order valence-electron chi connectivity index (χ0n) is 11.9. The van der Waals surface area contributed by atoms with E-state index in [0.29, 0.717) is 0 Å². The van der Waals surface area contributed by atoms with Crippen LogP contribution in [-0.2, 0) is 6.54 Å². The first kappa shape index (κ1) is 14.5. The lowest BCUT2D eigenvalue weighted by Crippen LogP contribution is -2.32. The van der Waals surface area contributed by atoms with Crippen molar-refractivity contribution in [2.75, 3.05) is 26.2 Å². The topological polar surface area (TPSA) is 15.3 Å². The van der Waals surface area contributed by atoms with Crippen LogP contribution in [0.2, 0.25) is 0 Å². The molecule has 0 aromatic heterocycles. The second-order valence-electron chi connectivity index (χ2n) is 5.57. The van der Waals surface area contributed by atoms with Crippen molar-refractivity contribution in [1.29, 1.82) is 0 Å². The van der Waals surface area contributed by atoms with Crippen molar-refractivity contribution in [3.63, 3.8) is 0 Å². The van der Waals surface area contributed by atoms with Crippen molar-refractivity contribution in [1.82, 2.24) is 10.2 Å². The highest BCUT2D eigenvalue weighted by Crippen LogP contribution is 2.09. The highest BCUT2D eigenvalue weighted by Gasteiger charge is 2.08. The third kappa shape index (κ3) is 5.29. The summed E-state index contributed by atoms with van der Waals surface area (Å²) in [5, 5.41) is 3.40. The Labute approximate surface area is 116 Å². The van der Waals surface area contributed by atoms with Crippen molar-refractivity contribution in [3.8, 4) is 0 Å². The molecule has 1 saturated heterocycles. The van der Waals surface area contributed by atoms with Crippen LogP contribution in [0, 0.1) is 12.7 Å². The van der Waals surface area contributed by atoms with Gasteiger partial charge in [0.1, 0.15) is 5.82 Å². The van der Waals surface area contributed by atoms with E-state index in [2.05, 4.69) is 10.2 Å². The molecule has 0 atom stereocenters. The zero-order valence-corrected chi connectivity index (χ0v) is 11.9. The highest BCUT2D eigenvalue weighted by molar-refractivity contribution is 5.23. The van der Waals surface area contributed by atoms with Crippen LogP contribution in [0.25, 0.3) is 0 Å². The van der Waals surface area contributed by atoms with E-state index in [1.165, 1.54) is 45.3 Å². The summed E-state index contributed by atoms with van der Waals surface area (Å²) in [6.45, 7) is 7.43. The van der Waals surface area contributed by atoms with Gasteiger partial charge in [0.2, 0.25) is 0 Å². The number of piperidine rings is 1. The first-order valence-electron chi connectivity index (χ1n) is 7.43. The summed E-state index contributed by atoms with van der Waals surface area (Å²) in [5.74, 6) is -0.134. The van der Waals surface area contributed by atoms with E-state index in [1.54, 1.807) is 12.1 Å². The molecule has 0 amide bonds. The SMILES string of the molecule is Cc1cc(F)cc(CNCCCN2CCCCC2)c1. The van der Waals surface area contributed by atoms with E-state index < -0.39 is 0 Å². The Bertz CT molecular complexity index is 366. The van der Waals surface area contributed by atoms with E-state index in [0.717, 1.165) is 24.2 Å². The van der Waals surface area contributed by atoms with Gasteiger partial charge < -0.3 is 10.2 Å². The van der Waals surface area contributed by atoms with E-state index in [9.17, 15) is 4.39 Å². The lowest BCUT2D eigenvalue weighted by Gasteiger charge is -2.26. The molecule has 2 nitrogen and oxygen atoms in total. The molecule has 1 aliphatic rings. The number of nitrogens with one attached hydrogen (secondary N) is 1. The molecule has 1 heterocycles. The molecule has 3 heteroatoms. The van der Waals surface area contributed by atoms with E-state index in [4.69, 9.17) is 0 Å². The fraction of sp³-hybridized carbons (Fsp3) is 0.625. The standard InChI is InChI=1S/C16H25FN2/c1-14-10-15(12-16(17)11-14)13-18-6-5-9-19-7-3-2-4-8-19/h10-12,18H,2-9,13H2,1H3. The molecule has 1 aromatic carbocycles. The van der Waals surface area contributed by atoms with Crippen LogP contribution in [0.1, 0.15) is 36.8 Å². The molecule has 1 fully saturated rings. The fourth-order valence-electron chi connectivity index (χ4n) is 2.76. The number of aryl methyl sites for hydroxylation is 1. The second kappa shape index (κ2) is 7.61. The Morgan fingerprint density at radius 2 is 1.95 bits per heavy atom. The molecular weight excluding hydrogens is 239 g/mol. The molecule has 0 saturated carbocycles. The van der Waals surface area contributed by atoms with Crippen LogP contribution in [-0.4, -0.2) is 31.1 Å². The fourth-order valence-corrected chi connectivity index (χ4v) is 2.76. The van der Waals surface area contributed by atoms with Gasteiger partial charge in [-0.1, -0.05) is 12.5 Å². The minimum atomic E-state index is -0.134. The molecule has 1 aromatic rings. The maximum absolute atomic E-state index is 13.2. The smallest absolute Gasteiger partial charge is 0.123 e. The molecule has 0 radical (unpaired) electrons. The molecule has 0 unspecified atom stereocenters.